The largest absolute Gasteiger partial charge is 0.481 e. The van der Waals surface area contributed by atoms with Gasteiger partial charge in [-0.25, -0.2) is 9.97 Å². The molecule has 1 amide bonds. The topological polar surface area (TPSA) is 117 Å². The molecule has 9 heteroatoms. The number of carboxylic acid groups (broad SMARTS) is 1. The zero-order chi connectivity index (χ0) is 24.1. The number of carbonyl (C=O) groups is 2. The average molecular weight is 452 g/mol. The van der Waals surface area contributed by atoms with E-state index in [9.17, 15) is 14.4 Å². The van der Waals surface area contributed by atoms with Crippen molar-refractivity contribution >= 4 is 34.7 Å². The molecule has 3 rings (SSSR count). The Morgan fingerprint density at radius 3 is 2.42 bits per heavy atom. The smallest absolute Gasteiger partial charge is 0.305 e. The molecule has 3 aromatic rings. The summed E-state index contributed by atoms with van der Waals surface area (Å²) in [5.41, 5.74) is 1.37. The highest BCUT2D eigenvalue weighted by atomic mass is 16.4. The third kappa shape index (κ3) is 5.19. The Morgan fingerprint density at radius 1 is 1.12 bits per heavy atom. The molecule has 174 valence electrons. The summed E-state index contributed by atoms with van der Waals surface area (Å²) >= 11 is 0. The number of nitrogens with zero attached hydrogens (tertiary/aromatic N) is 4. The first-order chi connectivity index (χ1) is 15.7. The summed E-state index contributed by atoms with van der Waals surface area (Å²) in [7, 11) is 1.66. The fourth-order valence-corrected chi connectivity index (χ4v) is 3.70. The highest BCUT2D eigenvalue weighted by Crippen LogP contribution is 2.26. The van der Waals surface area contributed by atoms with Gasteiger partial charge in [-0.05, 0) is 24.1 Å². The second-order valence-corrected chi connectivity index (χ2v) is 8.10. The lowest BCUT2D eigenvalue weighted by Crippen LogP contribution is -2.33. The van der Waals surface area contributed by atoms with Crippen LogP contribution in [0.2, 0.25) is 0 Å². The van der Waals surface area contributed by atoms with Gasteiger partial charge >= 0.3 is 5.97 Å². The van der Waals surface area contributed by atoms with Crippen LogP contribution in [0.1, 0.15) is 45.2 Å². The molecule has 0 bridgehead atoms. The minimum atomic E-state index is -0.969. The first-order valence-electron chi connectivity index (χ1n) is 11.0. The van der Waals surface area contributed by atoms with E-state index in [1.807, 2.05) is 51.1 Å². The van der Waals surface area contributed by atoms with Gasteiger partial charge in [0, 0.05) is 19.5 Å². The summed E-state index contributed by atoms with van der Waals surface area (Å²) in [5, 5.41) is 11.8. The number of benzene rings is 1. The molecular formula is C24H29N5O4. The lowest BCUT2D eigenvalue weighted by molar-refractivity contribution is -0.136. The van der Waals surface area contributed by atoms with Crippen molar-refractivity contribution in [3.8, 4) is 0 Å². The van der Waals surface area contributed by atoms with E-state index in [-0.39, 0.29) is 36.7 Å². The van der Waals surface area contributed by atoms with Gasteiger partial charge in [-0.3, -0.25) is 23.9 Å². The maximum absolute atomic E-state index is 13.5. The second-order valence-electron chi connectivity index (χ2n) is 8.10. The minimum absolute atomic E-state index is 0.0688. The Labute approximate surface area is 192 Å². The van der Waals surface area contributed by atoms with Crippen LogP contribution in [-0.4, -0.2) is 45.1 Å². The Kier molecular flexibility index (Phi) is 7.42. The molecule has 0 unspecified atom stereocenters. The summed E-state index contributed by atoms with van der Waals surface area (Å²) in [6.07, 6.45) is 0.471. The number of amides is 1. The lowest BCUT2D eigenvalue weighted by Gasteiger charge is -2.23. The number of hydrogen-bond acceptors (Lipinski definition) is 6. The number of carbonyl (C=O) groups excluding carboxylic acids is 1. The maximum atomic E-state index is 13.5. The summed E-state index contributed by atoms with van der Waals surface area (Å²) in [6.45, 7) is 5.68. The van der Waals surface area contributed by atoms with Crippen LogP contribution in [0.15, 0.2) is 47.3 Å². The average Bonchev–Trinajstić information content (AvgIpc) is 2.80. The number of rotatable bonds is 9. The Morgan fingerprint density at radius 2 is 1.82 bits per heavy atom. The SMILES string of the molecule is CC[C@@H](c1ccccc1)n1c(=O)c(NCCC(=O)O)nc2ccc(N(C)C(=O)C(C)C)nc21. The monoisotopic (exact) mass is 451 g/mol. The van der Waals surface area contributed by atoms with Gasteiger partial charge in [-0.2, -0.15) is 0 Å². The predicted octanol–water partition coefficient (Wildman–Crippen LogP) is 3.30. The summed E-state index contributed by atoms with van der Waals surface area (Å²) < 4.78 is 1.58. The second kappa shape index (κ2) is 10.2. The van der Waals surface area contributed by atoms with Crippen molar-refractivity contribution in [1.29, 1.82) is 0 Å². The number of aliphatic carboxylic acids is 1. The van der Waals surface area contributed by atoms with Gasteiger partial charge in [0.25, 0.3) is 5.56 Å². The van der Waals surface area contributed by atoms with Gasteiger partial charge in [0.2, 0.25) is 5.91 Å². The van der Waals surface area contributed by atoms with Crippen LogP contribution in [0.4, 0.5) is 11.6 Å². The molecule has 0 aliphatic carbocycles. The molecule has 0 saturated heterocycles. The van der Waals surface area contributed by atoms with Crippen LogP contribution in [0, 0.1) is 5.92 Å². The van der Waals surface area contributed by atoms with E-state index in [0.29, 0.717) is 23.4 Å². The molecule has 2 N–H and O–H groups in total. The van der Waals surface area contributed by atoms with E-state index in [4.69, 9.17) is 5.11 Å². The van der Waals surface area contributed by atoms with Crippen LogP contribution in [-0.2, 0) is 9.59 Å². The molecule has 9 nitrogen and oxygen atoms in total. The number of nitrogens with one attached hydrogen (secondary N) is 1. The number of fused-ring (bicyclic) bond motifs is 1. The highest BCUT2D eigenvalue weighted by Gasteiger charge is 2.22. The van der Waals surface area contributed by atoms with E-state index in [0.717, 1.165) is 5.56 Å². The van der Waals surface area contributed by atoms with Crippen molar-refractivity contribution in [2.75, 3.05) is 23.8 Å². The van der Waals surface area contributed by atoms with E-state index < -0.39 is 11.5 Å². The molecular weight excluding hydrogens is 422 g/mol. The molecule has 0 saturated carbocycles. The zero-order valence-electron chi connectivity index (χ0n) is 19.3. The van der Waals surface area contributed by atoms with Crippen LogP contribution in [0.5, 0.6) is 0 Å². The molecule has 33 heavy (non-hydrogen) atoms. The normalized spacial score (nSPS) is 12.0. The third-order valence-electron chi connectivity index (χ3n) is 5.40. The van der Waals surface area contributed by atoms with Crippen molar-refractivity contribution in [3.05, 3.63) is 58.4 Å². The standard InChI is InChI=1S/C24H29N5O4/c1-5-18(16-9-7-6-8-10-16)29-22-17(26-21(24(29)33)25-14-13-20(30)31)11-12-19(27-22)28(4)23(32)15(2)3/h6-12,15,18H,5,13-14H2,1-4H3,(H,25,26)(H,30,31)/t18-/m0/s1. The van der Waals surface area contributed by atoms with Gasteiger partial charge in [-0.15, -0.1) is 0 Å². The van der Waals surface area contributed by atoms with Crippen molar-refractivity contribution < 1.29 is 14.7 Å². The van der Waals surface area contributed by atoms with Crippen molar-refractivity contribution in [2.45, 2.75) is 39.7 Å². The molecule has 0 aliphatic heterocycles. The Hall–Kier alpha value is -3.75. The highest BCUT2D eigenvalue weighted by molar-refractivity contribution is 5.94. The van der Waals surface area contributed by atoms with Crippen molar-refractivity contribution in [1.82, 2.24) is 14.5 Å². The van der Waals surface area contributed by atoms with Crippen LogP contribution >= 0.6 is 0 Å². The first kappa shape index (κ1) is 23.9. The molecule has 0 radical (unpaired) electrons. The van der Waals surface area contributed by atoms with Crippen LogP contribution in [0.25, 0.3) is 11.2 Å². The molecule has 2 aromatic heterocycles. The number of pyridine rings is 1. The number of anilines is 2. The van der Waals surface area contributed by atoms with E-state index in [1.54, 1.807) is 23.7 Å². The molecule has 1 aromatic carbocycles. The van der Waals surface area contributed by atoms with Crippen LogP contribution < -0.4 is 15.8 Å². The third-order valence-corrected chi connectivity index (χ3v) is 5.40. The van der Waals surface area contributed by atoms with Crippen LogP contribution in [0.3, 0.4) is 0 Å². The van der Waals surface area contributed by atoms with Gasteiger partial charge in [-0.1, -0.05) is 51.1 Å². The van der Waals surface area contributed by atoms with Gasteiger partial charge in [0.05, 0.1) is 12.5 Å². The quantitative estimate of drug-likeness (QED) is 0.512. The molecule has 1 atom stereocenters. The lowest BCUT2D eigenvalue weighted by atomic mass is 10.0. The van der Waals surface area contributed by atoms with Crippen molar-refractivity contribution in [2.24, 2.45) is 5.92 Å². The van der Waals surface area contributed by atoms with E-state index >= 15 is 0 Å². The minimum Gasteiger partial charge on any atom is -0.481 e. The number of hydrogen-bond donors (Lipinski definition) is 2. The molecule has 0 spiro atoms. The zero-order valence-corrected chi connectivity index (χ0v) is 19.3. The van der Waals surface area contributed by atoms with Crippen molar-refractivity contribution in [3.63, 3.8) is 0 Å². The van der Waals surface area contributed by atoms with Gasteiger partial charge in [0.1, 0.15) is 11.3 Å². The summed E-state index contributed by atoms with van der Waals surface area (Å²) in [6, 6.07) is 12.7. The maximum Gasteiger partial charge on any atom is 0.305 e. The number of carboxylic acids is 1. The Bertz CT molecular complexity index is 1210. The first-order valence-corrected chi connectivity index (χ1v) is 11.0. The molecule has 2 heterocycles. The van der Waals surface area contributed by atoms with E-state index in [2.05, 4.69) is 15.3 Å². The van der Waals surface area contributed by atoms with Gasteiger partial charge in [0.15, 0.2) is 11.5 Å². The summed E-state index contributed by atoms with van der Waals surface area (Å²) in [5.74, 6) is -0.777. The van der Waals surface area contributed by atoms with E-state index in [1.165, 1.54) is 4.90 Å². The fraction of sp³-hybridized carbons (Fsp3) is 0.375. The fourth-order valence-electron chi connectivity index (χ4n) is 3.70. The molecule has 0 fully saturated rings. The summed E-state index contributed by atoms with van der Waals surface area (Å²) in [4.78, 5) is 47.5. The Balaban J connectivity index is 2.21. The number of aromatic nitrogens is 3. The van der Waals surface area contributed by atoms with Gasteiger partial charge < -0.3 is 10.4 Å². The molecule has 0 aliphatic rings. The predicted molar refractivity (Wildman–Crippen MR) is 128 cm³/mol.